The second-order valence-corrected chi connectivity index (χ2v) is 4.37. The Morgan fingerprint density at radius 1 is 1.40 bits per heavy atom. The summed E-state index contributed by atoms with van der Waals surface area (Å²) in [7, 11) is 0. The van der Waals surface area contributed by atoms with Crippen molar-refractivity contribution in [2.75, 3.05) is 13.1 Å². The van der Waals surface area contributed by atoms with E-state index >= 15 is 0 Å². The molecule has 0 aromatic rings. The van der Waals surface area contributed by atoms with E-state index in [1.54, 1.807) is 5.57 Å². The van der Waals surface area contributed by atoms with Crippen LogP contribution < -0.4 is 5.32 Å². The second kappa shape index (κ2) is 5.86. The molecule has 1 unspecified atom stereocenters. The molecule has 2 aliphatic heterocycles. The molecule has 82 valence electrons. The number of allylic oxidation sites excluding steroid dienone is 1. The third-order valence-electron chi connectivity index (χ3n) is 3.14. The van der Waals surface area contributed by atoms with Crippen molar-refractivity contribution in [3.8, 4) is 0 Å². The van der Waals surface area contributed by atoms with Crippen molar-refractivity contribution >= 4 is 6.21 Å². The molecular formula is C13H20N2. The van der Waals surface area contributed by atoms with Gasteiger partial charge in [-0.2, -0.15) is 0 Å². The summed E-state index contributed by atoms with van der Waals surface area (Å²) >= 11 is 0. The molecule has 2 rings (SSSR count). The lowest BCUT2D eigenvalue weighted by atomic mass is 9.95. The second-order valence-electron chi connectivity index (χ2n) is 4.37. The minimum absolute atomic E-state index is 0.673. The van der Waals surface area contributed by atoms with Crippen LogP contribution >= 0.6 is 0 Å². The first kappa shape index (κ1) is 10.6. The maximum atomic E-state index is 4.20. The molecule has 0 saturated heterocycles. The zero-order chi connectivity index (χ0) is 10.3. The van der Waals surface area contributed by atoms with Crippen molar-refractivity contribution in [2.45, 2.75) is 32.1 Å². The minimum Gasteiger partial charge on any atom is -0.316 e. The first-order chi connectivity index (χ1) is 7.45. The van der Waals surface area contributed by atoms with Gasteiger partial charge >= 0.3 is 0 Å². The average Bonchev–Trinajstić information content (AvgIpc) is 2.56. The van der Waals surface area contributed by atoms with Crippen LogP contribution in [-0.2, 0) is 0 Å². The van der Waals surface area contributed by atoms with Gasteiger partial charge in [-0.25, -0.2) is 0 Å². The molecule has 0 fully saturated rings. The van der Waals surface area contributed by atoms with E-state index in [4.69, 9.17) is 0 Å². The number of nitrogens with one attached hydrogen (secondary N) is 1. The number of nitrogens with zero attached hydrogens (tertiary/aromatic N) is 1. The lowest BCUT2D eigenvalue weighted by Crippen LogP contribution is -2.14. The van der Waals surface area contributed by atoms with Gasteiger partial charge in [0.05, 0.1) is 0 Å². The summed E-state index contributed by atoms with van der Waals surface area (Å²) < 4.78 is 0. The van der Waals surface area contributed by atoms with Gasteiger partial charge in [-0.15, -0.1) is 0 Å². The molecule has 0 radical (unpaired) electrons. The molecule has 0 aliphatic carbocycles. The van der Waals surface area contributed by atoms with Gasteiger partial charge in [-0.05, 0) is 51.1 Å². The number of aliphatic imine (C=N–C) groups is 1. The lowest BCUT2D eigenvalue weighted by molar-refractivity contribution is 0.620. The number of rotatable bonds is 3. The summed E-state index contributed by atoms with van der Waals surface area (Å²) in [5.74, 6) is 0.673. The standard InChI is InChI=1S/C13H20N2/c1-3-12(7-10-14-8-1)5-6-13-4-2-9-15-11-13/h2-3,9,11,13-14H,1,4-8,10H2. The molecular weight excluding hydrogens is 184 g/mol. The molecule has 15 heavy (non-hydrogen) atoms. The van der Waals surface area contributed by atoms with Gasteiger partial charge < -0.3 is 5.32 Å². The number of hydrogen-bond donors (Lipinski definition) is 1. The highest BCUT2D eigenvalue weighted by Crippen LogP contribution is 2.19. The average molecular weight is 204 g/mol. The quantitative estimate of drug-likeness (QED) is 0.702. The predicted molar refractivity (Wildman–Crippen MR) is 65.2 cm³/mol. The molecule has 0 saturated carbocycles. The van der Waals surface area contributed by atoms with Crippen LogP contribution in [0.5, 0.6) is 0 Å². The molecule has 1 N–H and O–H groups in total. The highest BCUT2D eigenvalue weighted by Gasteiger charge is 2.08. The van der Waals surface area contributed by atoms with Crippen LogP contribution in [0.25, 0.3) is 0 Å². The van der Waals surface area contributed by atoms with Gasteiger partial charge in [0.2, 0.25) is 0 Å². The van der Waals surface area contributed by atoms with Crippen LogP contribution in [0.3, 0.4) is 0 Å². The van der Waals surface area contributed by atoms with Crippen LogP contribution in [0.2, 0.25) is 0 Å². The Hall–Kier alpha value is -0.890. The summed E-state index contributed by atoms with van der Waals surface area (Å²) in [5.41, 5.74) is 1.64. The van der Waals surface area contributed by atoms with E-state index in [1.807, 2.05) is 6.20 Å². The van der Waals surface area contributed by atoms with E-state index in [0.717, 1.165) is 13.1 Å². The van der Waals surface area contributed by atoms with Gasteiger partial charge in [0, 0.05) is 12.4 Å². The molecule has 0 amide bonds. The maximum absolute atomic E-state index is 4.20. The van der Waals surface area contributed by atoms with Crippen molar-refractivity contribution in [3.63, 3.8) is 0 Å². The molecule has 0 bridgehead atoms. The maximum Gasteiger partial charge on any atom is 0.0224 e. The SMILES string of the molecule is C1=CN=CC(CCC2=CCCNCC2)C1. The van der Waals surface area contributed by atoms with Gasteiger partial charge in [-0.3, -0.25) is 4.99 Å². The summed E-state index contributed by atoms with van der Waals surface area (Å²) in [6, 6.07) is 0. The van der Waals surface area contributed by atoms with Gasteiger partial charge in [0.25, 0.3) is 0 Å². The fourth-order valence-corrected chi connectivity index (χ4v) is 2.17. The highest BCUT2D eigenvalue weighted by atomic mass is 14.8. The molecule has 0 spiro atoms. The van der Waals surface area contributed by atoms with Gasteiger partial charge in [0.15, 0.2) is 0 Å². The van der Waals surface area contributed by atoms with E-state index in [0.29, 0.717) is 5.92 Å². The van der Waals surface area contributed by atoms with Crippen molar-refractivity contribution in [1.82, 2.24) is 5.32 Å². The lowest BCUT2D eigenvalue weighted by Gasteiger charge is -2.12. The van der Waals surface area contributed by atoms with Gasteiger partial charge in [-0.1, -0.05) is 17.7 Å². The summed E-state index contributed by atoms with van der Waals surface area (Å²) in [6.45, 7) is 2.31. The van der Waals surface area contributed by atoms with Gasteiger partial charge in [0.1, 0.15) is 0 Å². The van der Waals surface area contributed by atoms with Crippen molar-refractivity contribution in [3.05, 3.63) is 23.9 Å². The predicted octanol–water partition coefficient (Wildman–Crippen LogP) is 2.68. The fraction of sp³-hybridized carbons (Fsp3) is 0.615. The molecule has 0 aromatic heterocycles. The topological polar surface area (TPSA) is 24.4 Å². The smallest absolute Gasteiger partial charge is 0.0224 e. The Morgan fingerprint density at radius 2 is 2.40 bits per heavy atom. The summed E-state index contributed by atoms with van der Waals surface area (Å²) in [5, 5.41) is 3.43. The van der Waals surface area contributed by atoms with Crippen molar-refractivity contribution in [1.29, 1.82) is 0 Å². The van der Waals surface area contributed by atoms with Crippen LogP contribution in [0.1, 0.15) is 32.1 Å². The van der Waals surface area contributed by atoms with Crippen molar-refractivity contribution < 1.29 is 0 Å². The van der Waals surface area contributed by atoms with E-state index < -0.39 is 0 Å². The van der Waals surface area contributed by atoms with E-state index in [9.17, 15) is 0 Å². The Bertz CT molecular complexity index is 276. The van der Waals surface area contributed by atoms with Crippen LogP contribution in [0.4, 0.5) is 0 Å². The fourth-order valence-electron chi connectivity index (χ4n) is 2.17. The Kier molecular flexibility index (Phi) is 4.15. The molecule has 2 heteroatoms. The highest BCUT2D eigenvalue weighted by molar-refractivity contribution is 5.62. The Labute approximate surface area is 92.2 Å². The molecule has 2 nitrogen and oxygen atoms in total. The van der Waals surface area contributed by atoms with Crippen LogP contribution in [0, 0.1) is 5.92 Å². The molecule has 2 heterocycles. The molecule has 1 atom stereocenters. The minimum atomic E-state index is 0.673. The monoisotopic (exact) mass is 204 g/mol. The first-order valence-corrected chi connectivity index (χ1v) is 6.02. The third-order valence-corrected chi connectivity index (χ3v) is 3.14. The number of hydrogen-bond acceptors (Lipinski definition) is 2. The van der Waals surface area contributed by atoms with Crippen molar-refractivity contribution in [2.24, 2.45) is 10.9 Å². The summed E-state index contributed by atoms with van der Waals surface area (Å²) in [4.78, 5) is 4.20. The van der Waals surface area contributed by atoms with Crippen LogP contribution in [-0.4, -0.2) is 19.3 Å². The summed E-state index contributed by atoms with van der Waals surface area (Å²) in [6.07, 6.45) is 14.7. The van der Waals surface area contributed by atoms with E-state index in [2.05, 4.69) is 28.7 Å². The third kappa shape index (κ3) is 3.63. The normalized spacial score (nSPS) is 26.1. The Morgan fingerprint density at radius 3 is 3.27 bits per heavy atom. The van der Waals surface area contributed by atoms with E-state index in [-0.39, 0.29) is 0 Å². The first-order valence-electron chi connectivity index (χ1n) is 6.02. The molecule has 0 aromatic carbocycles. The Balaban J connectivity index is 1.74. The molecule has 2 aliphatic rings. The zero-order valence-corrected chi connectivity index (χ0v) is 9.28. The van der Waals surface area contributed by atoms with Crippen LogP contribution in [0.15, 0.2) is 28.9 Å². The van der Waals surface area contributed by atoms with E-state index in [1.165, 1.54) is 32.1 Å². The largest absolute Gasteiger partial charge is 0.316 e. The zero-order valence-electron chi connectivity index (χ0n) is 9.28.